The lowest BCUT2D eigenvalue weighted by atomic mass is 10.0. The molecule has 0 bridgehead atoms. The molecule has 0 saturated heterocycles. The highest BCUT2D eigenvalue weighted by atomic mass is 16.3. The first kappa shape index (κ1) is 15.5. The Hall–Kier alpha value is -1.54. The molecule has 0 aliphatic carbocycles. The third kappa shape index (κ3) is 5.75. The highest BCUT2D eigenvalue weighted by molar-refractivity contribution is 5.28. The smallest absolute Gasteiger partial charge is 0.115 e. The van der Waals surface area contributed by atoms with Crippen LogP contribution in [0.4, 0.5) is 0 Å². The summed E-state index contributed by atoms with van der Waals surface area (Å²) in [6.45, 7) is 3.77. The Balaban J connectivity index is 2.66. The van der Waals surface area contributed by atoms with Crippen LogP contribution in [0.1, 0.15) is 44.8 Å². The fourth-order valence-corrected chi connectivity index (χ4v) is 1.84. The maximum Gasteiger partial charge on any atom is 0.115 e. The van der Waals surface area contributed by atoms with Gasteiger partial charge < -0.3 is 15.3 Å². The average Bonchev–Trinajstić information content (AvgIpc) is 2.36. The molecular formula is C16H22O3. The number of aromatic hydroxyl groups is 1. The van der Waals surface area contributed by atoms with E-state index in [-0.39, 0.29) is 11.9 Å². The summed E-state index contributed by atoms with van der Waals surface area (Å²) in [6.07, 6.45) is 2.65. The van der Waals surface area contributed by atoms with Gasteiger partial charge in [-0.25, -0.2) is 0 Å². The predicted octanol–water partition coefficient (Wildman–Crippen LogP) is 3.08. The Morgan fingerprint density at radius 2 is 2.11 bits per heavy atom. The summed E-state index contributed by atoms with van der Waals surface area (Å²) in [6, 6.07) is 6.61. The predicted molar refractivity (Wildman–Crippen MR) is 75.9 cm³/mol. The Morgan fingerprint density at radius 1 is 1.37 bits per heavy atom. The van der Waals surface area contributed by atoms with Crippen molar-refractivity contribution in [2.45, 2.75) is 45.3 Å². The zero-order valence-corrected chi connectivity index (χ0v) is 11.5. The molecule has 2 atom stereocenters. The second kappa shape index (κ2) is 7.80. The summed E-state index contributed by atoms with van der Waals surface area (Å²) in [5.41, 5.74) is 4.85. The first-order valence-corrected chi connectivity index (χ1v) is 6.61. The summed E-state index contributed by atoms with van der Waals surface area (Å²) in [4.78, 5) is 0. The maximum atomic E-state index is 9.97. The van der Waals surface area contributed by atoms with Crippen molar-refractivity contribution in [3.63, 3.8) is 0 Å². The second-order valence-corrected chi connectivity index (χ2v) is 4.71. The zero-order chi connectivity index (χ0) is 14.3. The molecule has 3 nitrogen and oxygen atoms in total. The lowest BCUT2D eigenvalue weighted by Crippen LogP contribution is -2.00. The van der Waals surface area contributed by atoms with Crippen LogP contribution in [0, 0.1) is 0 Å². The maximum absolute atomic E-state index is 9.97. The molecule has 0 spiro atoms. The number of hydrogen-bond acceptors (Lipinski definition) is 3. The van der Waals surface area contributed by atoms with Crippen molar-refractivity contribution in [2.24, 2.45) is 0 Å². The quantitative estimate of drug-likeness (QED) is 0.690. The molecule has 1 rings (SSSR count). The van der Waals surface area contributed by atoms with Crippen LogP contribution in [0.5, 0.6) is 5.75 Å². The summed E-state index contributed by atoms with van der Waals surface area (Å²) in [5, 5.41) is 28.6. The van der Waals surface area contributed by atoms with Crippen LogP contribution in [0.15, 0.2) is 41.6 Å². The Labute approximate surface area is 114 Å². The molecule has 0 saturated carbocycles. The third-order valence-electron chi connectivity index (χ3n) is 2.87. The fourth-order valence-electron chi connectivity index (χ4n) is 1.84. The Bertz CT molecular complexity index is 457. The second-order valence-electron chi connectivity index (χ2n) is 4.71. The van der Waals surface area contributed by atoms with Crippen molar-refractivity contribution in [3.8, 4) is 5.75 Å². The van der Waals surface area contributed by atoms with E-state index in [1.165, 1.54) is 0 Å². The van der Waals surface area contributed by atoms with Gasteiger partial charge in [-0.1, -0.05) is 19.1 Å². The lowest BCUT2D eigenvalue weighted by Gasteiger charge is -2.08. The third-order valence-corrected chi connectivity index (χ3v) is 2.87. The zero-order valence-electron chi connectivity index (χ0n) is 11.5. The molecule has 0 aliphatic rings. The van der Waals surface area contributed by atoms with Gasteiger partial charge in [-0.3, -0.25) is 0 Å². The summed E-state index contributed by atoms with van der Waals surface area (Å²) < 4.78 is 0. The Kier molecular flexibility index (Phi) is 6.37. The number of phenols is 1. The number of hydrogen-bond donors (Lipinski definition) is 3. The molecule has 3 N–H and O–H groups in total. The number of phenolic OH excluding ortho intramolecular Hbond substituents is 1. The number of aliphatic hydroxyl groups is 2. The van der Waals surface area contributed by atoms with Crippen LogP contribution in [0.2, 0.25) is 0 Å². The topological polar surface area (TPSA) is 60.7 Å². The van der Waals surface area contributed by atoms with Crippen molar-refractivity contribution in [2.75, 3.05) is 0 Å². The summed E-state index contributed by atoms with van der Waals surface area (Å²) in [7, 11) is 0. The van der Waals surface area contributed by atoms with E-state index >= 15 is 0 Å². The van der Waals surface area contributed by atoms with Gasteiger partial charge in [0.05, 0.1) is 12.2 Å². The van der Waals surface area contributed by atoms with E-state index in [2.05, 4.69) is 5.73 Å². The van der Waals surface area contributed by atoms with Crippen LogP contribution in [0.25, 0.3) is 0 Å². The molecule has 0 fully saturated rings. The molecule has 0 aromatic heterocycles. The van der Waals surface area contributed by atoms with Crippen molar-refractivity contribution >= 4 is 0 Å². The van der Waals surface area contributed by atoms with Crippen molar-refractivity contribution in [1.29, 1.82) is 0 Å². The largest absolute Gasteiger partial charge is 0.508 e. The molecule has 19 heavy (non-hydrogen) atoms. The van der Waals surface area contributed by atoms with Crippen LogP contribution >= 0.6 is 0 Å². The van der Waals surface area contributed by atoms with Gasteiger partial charge in [-0.05, 0) is 42.7 Å². The molecule has 104 valence electrons. The van der Waals surface area contributed by atoms with Gasteiger partial charge in [-0.15, -0.1) is 5.73 Å². The molecule has 0 aliphatic heterocycles. The average molecular weight is 262 g/mol. The van der Waals surface area contributed by atoms with Crippen molar-refractivity contribution < 1.29 is 15.3 Å². The van der Waals surface area contributed by atoms with Crippen LogP contribution < -0.4 is 0 Å². The molecule has 3 heteroatoms. The number of aliphatic hydroxyl groups excluding tert-OH is 2. The standard InChI is InChI=1S/C16H22O3/c1-3-13(10-12(2)17)6-4-9-16(19)14-7-5-8-15(18)11-14/h4-5,7-8,11-12,16-19H,3,9-10H2,1-2H3/t6?,12-,16+/m0/s1. The van der Waals surface area contributed by atoms with Gasteiger partial charge in [0.1, 0.15) is 5.75 Å². The van der Waals surface area contributed by atoms with E-state index in [1.54, 1.807) is 37.3 Å². The van der Waals surface area contributed by atoms with E-state index in [4.69, 9.17) is 0 Å². The molecular weight excluding hydrogens is 240 g/mol. The van der Waals surface area contributed by atoms with Gasteiger partial charge in [0.15, 0.2) is 0 Å². The van der Waals surface area contributed by atoms with Crippen LogP contribution in [-0.4, -0.2) is 21.4 Å². The van der Waals surface area contributed by atoms with Gasteiger partial charge in [0, 0.05) is 12.8 Å². The first-order chi connectivity index (χ1) is 9.02. The molecule has 0 heterocycles. The first-order valence-electron chi connectivity index (χ1n) is 6.61. The van der Waals surface area contributed by atoms with Gasteiger partial charge >= 0.3 is 0 Å². The van der Waals surface area contributed by atoms with Gasteiger partial charge in [-0.2, -0.15) is 0 Å². The van der Waals surface area contributed by atoms with E-state index < -0.39 is 6.10 Å². The molecule has 1 aromatic rings. The minimum absolute atomic E-state index is 0.152. The minimum atomic E-state index is -0.649. The number of benzene rings is 1. The monoisotopic (exact) mass is 262 g/mol. The van der Waals surface area contributed by atoms with Gasteiger partial charge in [0.25, 0.3) is 0 Å². The van der Waals surface area contributed by atoms with E-state index in [9.17, 15) is 15.3 Å². The van der Waals surface area contributed by atoms with E-state index in [0.29, 0.717) is 18.4 Å². The van der Waals surface area contributed by atoms with Gasteiger partial charge in [0.2, 0.25) is 0 Å². The SMILES string of the molecule is CCC(=C=CC[C@@H](O)c1cccc(O)c1)C[C@H](C)O. The van der Waals surface area contributed by atoms with E-state index in [1.807, 2.05) is 6.92 Å². The van der Waals surface area contributed by atoms with Crippen molar-refractivity contribution in [1.82, 2.24) is 0 Å². The van der Waals surface area contributed by atoms with Crippen molar-refractivity contribution in [3.05, 3.63) is 47.2 Å². The highest BCUT2D eigenvalue weighted by Gasteiger charge is 2.05. The highest BCUT2D eigenvalue weighted by Crippen LogP contribution is 2.21. The molecule has 0 amide bonds. The van der Waals surface area contributed by atoms with E-state index in [0.717, 1.165) is 12.0 Å². The summed E-state index contributed by atoms with van der Waals surface area (Å²) in [5.74, 6) is 0.152. The summed E-state index contributed by atoms with van der Waals surface area (Å²) >= 11 is 0. The molecule has 0 unspecified atom stereocenters. The number of rotatable bonds is 6. The van der Waals surface area contributed by atoms with Crippen LogP contribution in [0.3, 0.4) is 0 Å². The Morgan fingerprint density at radius 3 is 2.68 bits per heavy atom. The minimum Gasteiger partial charge on any atom is -0.508 e. The lowest BCUT2D eigenvalue weighted by molar-refractivity contribution is 0.181. The molecule has 0 radical (unpaired) electrons. The fraction of sp³-hybridized carbons (Fsp3) is 0.438. The van der Waals surface area contributed by atoms with Crippen LogP contribution in [-0.2, 0) is 0 Å². The normalized spacial score (nSPS) is 13.5. The molecule has 1 aromatic carbocycles.